The van der Waals surface area contributed by atoms with Gasteiger partial charge in [0, 0.05) is 31.0 Å². The minimum atomic E-state index is -0.578. The lowest BCUT2D eigenvalue weighted by Gasteiger charge is -2.46. The Morgan fingerprint density at radius 1 is 0.679 bits per heavy atom. The summed E-state index contributed by atoms with van der Waals surface area (Å²) >= 11 is 0. The third-order valence-electron chi connectivity index (χ3n) is 9.99. The largest absolute Gasteiger partial charge is 0.463 e. The predicted molar refractivity (Wildman–Crippen MR) is 200 cm³/mol. The van der Waals surface area contributed by atoms with E-state index in [1.807, 2.05) is 6.92 Å². The van der Waals surface area contributed by atoms with Crippen molar-refractivity contribution in [2.45, 2.75) is 157 Å². The van der Waals surface area contributed by atoms with Gasteiger partial charge in [-0.1, -0.05) is 55.0 Å². The first-order chi connectivity index (χ1) is 24.7. The smallest absolute Gasteiger partial charge is 0.407 e. The summed E-state index contributed by atoms with van der Waals surface area (Å²) in [5.74, 6) is -1.19. The summed E-state index contributed by atoms with van der Waals surface area (Å²) in [7, 11) is 0. The van der Waals surface area contributed by atoms with Crippen LogP contribution in [0.15, 0.2) is 12.7 Å². The van der Waals surface area contributed by atoms with Gasteiger partial charge in [0.05, 0.1) is 19.3 Å². The van der Waals surface area contributed by atoms with Gasteiger partial charge in [-0.2, -0.15) is 0 Å². The van der Waals surface area contributed by atoms with Crippen molar-refractivity contribution in [3.63, 3.8) is 0 Å². The van der Waals surface area contributed by atoms with Crippen LogP contribution in [0.5, 0.6) is 0 Å². The lowest BCUT2D eigenvalue weighted by atomic mass is 9.61. The van der Waals surface area contributed by atoms with Crippen molar-refractivity contribution in [1.29, 1.82) is 0 Å². The minimum absolute atomic E-state index is 0.0103. The summed E-state index contributed by atoms with van der Waals surface area (Å²) in [6.45, 7) is 22.4. The minimum Gasteiger partial charge on any atom is -0.463 e. The molecular formula is C40H68N2O11. The first-order valence-electron chi connectivity index (χ1n) is 19.3. The molecule has 13 nitrogen and oxygen atoms in total. The molecule has 0 saturated heterocycles. The van der Waals surface area contributed by atoms with Gasteiger partial charge in [0.15, 0.2) is 0 Å². The van der Waals surface area contributed by atoms with E-state index in [9.17, 15) is 24.0 Å². The highest BCUT2D eigenvalue weighted by molar-refractivity contribution is 5.81. The van der Waals surface area contributed by atoms with Crippen LogP contribution in [0.1, 0.15) is 133 Å². The van der Waals surface area contributed by atoms with Crippen molar-refractivity contribution in [2.24, 2.45) is 21.7 Å². The van der Waals surface area contributed by atoms with Crippen molar-refractivity contribution in [2.75, 3.05) is 33.0 Å². The number of hydrogen-bond acceptors (Lipinski definition) is 11. The zero-order chi connectivity index (χ0) is 39.9. The number of amides is 2. The molecule has 0 radical (unpaired) electrons. The molecule has 0 aromatic rings. The number of hydrogen-bond donors (Lipinski definition) is 2. The summed E-state index contributed by atoms with van der Waals surface area (Å²) in [4.78, 5) is 61.2. The highest BCUT2D eigenvalue weighted by Gasteiger charge is 2.43. The molecule has 0 bridgehead atoms. The number of esters is 3. The van der Waals surface area contributed by atoms with Crippen molar-refractivity contribution < 1.29 is 52.4 Å². The summed E-state index contributed by atoms with van der Waals surface area (Å²) in [5.41, 5.74) is -0.390. The molecule has 53 heavy (non-hydrogen) atoms. The molecule has 2 saturated carbocycles. The molecule has 2 fully saturated rings. The van der Waals surface area contributed by atoms with Crippen LogP contribution in [-0.4, -0.2) is 87.4 Å². The van der Waals surface area contributed by atoms with E-state index in [1.54, 1.807) is 13.8 Å². The van der Waals surface area contributed by atoms with E-state index >= 15 is 0 Å². The van der Waals surface area contributed by atoms with E-state index in [1.165, 1.54) is 0 Å². The molecular weight excluding hydrogens is 684 g/mol. The van der Waals surface area contributed by atoms with E-state index in [2.05, 4.69) is 58.8 Å². The molecule has 2 amide bonds. The number of rotatable bonds is 20. The van der Waals surface area contributed by atoms with Crippen LogP contribution in [0.2, 0.25) is 0 Å². The van der Waals surface area contributed by atoms with Gasteiger partial charge in [-0.15, -0.1) is 0 Å². The number of alkyl carbamates (subject to hydrolysis) is 2. The van der Waals surface area contributed by atoms with E-state index in [0.717, 1.165) is 44.6 Å². The third kappa shape index (κ3) is 18.5. The monoisotopic (exact) mass is 752 g/mol. The zero-order valence-corrected chi connectivity index (χ0v) is 33.9. The number of carbonyl (C=O) groups is 5. The Kier molecular flexibility index (Phi) is 18.1. The molecule has 0 spiro atoms. The van der Waals surface area contributed by atoms with Crippen LogP contribution in [0.4, 0.5) is 9.59 Å². The quantitative estimate of drug-likeness (QED) is 0.0560. The molecule has 2 aliphatic carbocycles. The van der Waals surface area contributed by atoms with Crippen molar-refractivity contribution in [1.82, 2.24) is 10.6 Å². The Balaban J connectivity index is 1.70. The first kappa shape index (κ1) is 45.8. The fourth-order valence-electron chi connectivity index (χ4n) is 8.55. The van der Waals surface area contributed by atoms with Crippen LogP contribution in [-0.2, 0) is 42.8 Å². The Hall–Kier alpha value is -3.35. The average Bonchev–Trinajstić information content (AvgIpc) is 3.03. The lowest BCUT2D eigenvalue weighted by Crippen LogP contribution is -2.47. The van der Waals surface area contributed by atoms with Gasteiger partial charge < -0.3 is 39.1 Å². The van der Waals surface area contributed by atoms with Gasteiger partial charge in [-0.3, -0.25) is 9.59 Å². The predicted octanol–water partition coefficient (Wildman–Crippen LogP) is 7.19. The molecule has 304 valence electrons. The SMILES string of the molecule is C=CC(=O)OCCOC(=O)NC1CC(C)(C)CC(C)(CCC(=O)OCC(C)OCC(C)OC(=O)CCC2(C)CC(NC(=O)OCCC)CC(C)(C)C2)C1. The Bertz CT molecular complexity index is 1240. The maximum absolute atomic E-state index is 12.8. The topological polar surface area (TPSA) is 165 Å². The average molecular weight is 753 g/mol. The fraction of sp³-hybridized carbons (Fsp3) is 0.825. The maximum Gasteiger partial charge on any atom is 0.407 e. The Morgan fingerprint density at radius 2 is 1.17 bits per heavy atom. The molecule has 0 aliphatic heterocycles. The molecule has 2 aliphatic rings. The summed E-state index contributed by atoms with van der Waals surface area (Å²) in [5, 5.41) is 5.95. The van der Waals surface area contributed by atoms with Crippen LogP contribution in [0, 0.1) is 21.7 Å². The van der Waals surface area contributed by atoms with Crippen molar-refractivity contribution in [3.8, 4) is 0 Å². The van der Waals surface area contributed by atoms with E-state index in [-0.39, 0.29) is 97.1 Å². The van der Waals surface area contributed by atoms with E-state index in [0.29, 0.717) is 25.9 Å². The first-order valence-corrected chi connectivity index (χ1v) is 19.3. The van der Waals surface area contributed by atoms with E-state index in [4.69, 9.17) is 28.4 Å². The zero-order valence-electron chi connectivity index (χ0n) is 33.9. The normalized spacial score (nSPS) is 25.8. The van der Waals surface area contributed by atoms with Crippen LogP contribution in [0.25, 0.3) is 0 Å². The molecule has 13 heteroatoms. The Labute approximate surface area is 317 Å². The standard InChI is InChI=1S/C40H68N2O11/c1-11-17-49-35(46)41-30-20-38(7,8)27-40(10,23-30)16-14-34(45)53-29(4)25-51-28(3)24-52-33(44)13-15-39(9)22-31(21-37(5,6)26-39)42-36(47)50-19-18-48-32(43)12-2/h12,28-31H,2,11,13-27H2,1,3-10H3,(H,41,46)(H,42,47). The third-order valence-corrected chi connectivity index (χ3v) is 9.99. The van der Waals surface area contributed by atoms with Gasteiger partial charge in [0.1, 0.15) is 25.9 Å². The maximum atomic E-state index is 12.8. The molecule has 2 N–H and O–H groups in total. The van der Waals surface area contributed by atoms with Crippen molar-refractivity contribution >= 4 is 30.1 Å². The summed E-state index contributed by atoms with van der Waals surface area (Å²) in [6, 6.07) is -0.149. The lowest BCUT2D eigenvalue weighted by molar-refractivity contribution is -0.155. The van der Waals surface area contributed by atoms with Crippen LogP contribution >= 0.6 is 0 Å². The second kappa shape index (κ2) is 20.9. The highest BCUT2D eigenvalue weighted by Crippen LogP contribution is 2.49. The summed E-state index contributed by atoms with van der Waals surface area (Å²) < 4.78 is 32.2. The fourth-order valence-corrected chi connectivity index (χ4v) is 8.55. The second-order valence-corrected chi connectivity index (χ2v) is 17.6. The van der Waals surface area contributed by atoms with Crippen molar-refractivity contribution in [3.05, 3.63) is 12.7 Å². The van der Waals surface area contributed by atoms with Gasteiger partial charge >= 0.3 is 30.1 Å². The number of nitrogens with one attached hydrogen (secondary N) is 2. The number of ether oxygens (including phenoxy) is 6. The van der Waals surface area contributed by atoms with Crippen LogP contribution in [0.3, 0.4) is 0 Å². The Morgan fingerprint density at radius 3 is 1.68 bits per heavy atom. The van der Waals surface area contributed by atoms with Gasteiger partial charge in [0.25, 0.3) is 0 Å². The van der Waals surface area contributed by atoms with E-state index < -0.39 is 18.2 Å². The molecule has 0 aromatic carbocycles. The van der Waals surface area contributed by atoms with Gasteiger partial charge in [-0.25, -0.2) is 14.4 Å². The molecule has 0 heterocycles. The molecule has 2 rings (SSSR count). The summed E-state index contributed by atoms with van der Waals surface area (Å²) in [6.07, 6.45) is 6.64. The highest BCUT2D eigenvalue weighted by atomic mass is 16.6. The van der Waals surface area contributed by atoms with Gasteiger partial charge in [0.2, 0.25) is 0 Å². The number of carbonyl (C=O) groups excluding carboxylic acids is 5. The molecule has 6 unspecified atom stereocenters. The van der Waals surface area contributed by atoms with Crippen LogP contribution < -0.4 is 10.6 Å². The second-order valence-electron chi connectivity index (χ2n) is 17.6. The van der Waals surface area contributed by atoms with Gasteiger partial charge in [-0.05, 0) is 93.3 Å². The molecule has 0 aromatic heterocycles. The molecule has 6 atom stereocenters.